The second-order valence-electron chi connectivity index (χ2n) is 6.11. The van der Waals surface area contributed by atoms with Gasteiger partial charge in [0.1, 0.15) is 5.75 Å². The number of hydrogen-bond donors (Lipinski definition) is 0. The number of benzene rings is 2. The molecule has 0 fully saturated rings. The highest BCUT2D eigenvalue weighted by atomic mass is 16.5. The van der Waals surface area contributed by atoms with Crippen LogP contribution in [0.2, 0.25) is 0 Å². The van der Waals surface area contributed by atoms with Gasteiger partial charge in [-0.15, -0.1) is 0 Å². The first-order chi connectivity index (χ1) is 11.8. The predicted octanol–water partition coefficient (Wildman–Crippen LogP) is 3.63. The second-order valence-corrected chi connectivity index (χ2v) is 6.11. The van der Waals surface area contributed by atoms with Crippen molar-refractivity contribution in [2.75, 3.05) is 18.6 Å². The third-order valence-corrected chi connectivity index (χ3v) is 4.73. The SMILES string of the molecule is COc1ccc2c(ccn2CCC(=O)N2CCc3ccccc32)c1. The van der Waals surface area contributed by atoms with Crippen LogP contribution in [0.15, 0.2) is 54.7 Å². The van der Waals surface area contributed by atoms with Crippen LogP contribution in [0.4, 0.5) is 5.69 Å². The van der Waals surface area contributed by atoms with Gasteiger partial charge in [0, 0.05) is 42.3 Å². The summed E-state index contributed by atoms with van der Waals surface area (Å²) in [5, 5.41) is 1.13. The molecule has 1 aromatic heterocycles. The van der Waals surface area contributed by atoms with Crippen molar-refractivity contribution in [2.24, 2.45) is 0 Å². The zero-order chi connectivity index (χ0) is 16.5. The molecule has 0 saturated carbocycles. The molecule has 1 aliphatic heterocycles. The number of aryl methyl sites for hydroxylation is 1. The van der Waals surface area contributed by atoms with Crippen LogP contribution in [0.1, 0.15) is 12.0 Å². The van der Waals surface area contributed by atoms with Crippen molar-refractivity contribution in [3.63, 3.8) is 0 Å². The van der Waals surface area contributed by atoms with Crippen LogP contribution in [0.3, 0.4) is 0 Å². The van der Waals surface area contributed by atoms with E-state index in [1.54, 1.807) is 7.11 Å². The van der Waals surface area contributed by atoms with Crippen molar-refractivity contribution < 1.29 is 9.53 Å². The minimum Gasteiger partial charge on any atom is -0.497 e. The number of carbonyl (C=O) groups excluding carboxylic acids is 1. The summed E-state index contributed by atoms with van der Waals surface area (Å²) in [7, 11) is 1.67. The van der Waals surface area contributed by atoms with Gasteiger partial charge in [-0.1, -0.05) is 18.2 Å². The Hall–Kier alpha value is -2.75. The maximum atomic E-state index is 12.6. The first-order valence-corrected chi connectivity index (χ1v) is 8.27. The molecule has 0 aliphatic carbocycles. The summed E-state index contributed by atoms with van der Waals surface area (Å²) in [4.78, 5) is 14.6. The molecular formula is C20H20N2O2. The van der Waals surface area contributed by atoms with Crippen molar-refractivity contribution in [1.82, 2.24) is 4.57 Å². The summed E-state index contributed by atoms with van der Waals surface area (Å²) in [5.74, 6) is 1.04. The molecule has 4 nitrogen and oxygen atoms in total. The highest BCUT2D eigenvalue weighted by molar-refractivity contribution is 5.95. The normalized spacial score (nSPS) is 13.3. The molecule has 0 saturated heterocycles. The van der Waals surface area contributed by atoms with Crippen LogP contribution in [0.5, 0.6) is 5.75 Å². The van der Waals surface area contributed by atoms with Crippen molar-refractivity contribution in [1.29, 1.82) is 0 Å². The van der Waals surface area contributed by atoms with Crippen LogP contribution < -0.4 is 9.64 Å². The monoisotopic (exact) mass is 320 g/mol. The summed E-state index contributed by atoms with van der Waals surface area (Å²) in [6, 6.07) is 16.3. The third-order valence-electron chi connectivity index (χ3n) is 4.73. The average Bonchev–Trinajstić information content (AvgIpc) is 3.23. The number of fused-ring (bicyclic) bond motifs is 2. The summed E-state index contributed by atoms with van der Waals surface area (Å²) >= 11 is 0. The predicted molar refractivity (Wildman–Crippen MR) is 95.6 cm³/mol. The Bertz CT molecular complexity index is 898. The van der Waals surface area contributed by atoms with E-state index in [2.05, 4.69) is 16.7 Å². The van der Waals surface area contributed by atoms with Crippen LogP contribution in [0, 0.1) is 0 Å². The molecule has 4 heteroatoms. The van der Waals surface area contributed by atoms with Gasteiger partial charge in [0.25, 0.3) is 0 Å². The van der Waals surface area contributed by atoms with Gasteiger partial charge in [-0.2, -0.15) is 0 Å². The first kappa shape index (κ1) is 14.8. The van der Waals surface area contributed by atoms with Gasteiger partial charge in [0.2, 0.25) is 5.91 Å². The fraction of sp³-hybridized carbons (Fsp3) is 0.250. The van der Waals surface area contributed by atoms with E-state index in [4.69, 9.17) is 4.74 Å². The Balaban J connectivity index is 1.48. The van der Waals surface area contributed by atoms with E-state index in [0.717, 1.165) is 35.3 Å². The first-order valence-electron chi connectivity index (χ1n) is 8.27. The summed E-state index contributed by atoms with van der Waals surface area (Å²) in [6.07, 6.45) is 3.49. The minimum absolute atomic E-state index is 0.190. The molecule has 1 aliphatic rings. The molecule has 0 radical (unpaired) electrons. The maximum absolute atomic E-state index is 12.6. The van der Waals surface area contributed by atoms with Gasteiger partial charge in [-0.25, -0.2) is 0 Å². The smallest absolute Gasteiger partial charge is 0.228 e. The quantitative estimate of drug-likeness (QED) is 0.736. The third kappa shape index (κ3) is 2.54. The Kier molecular flexibility index (Phi) is 3.73. The van der Waals surface area contributed by atoms with Crippen molar-refractivity contribution in [3.05, 3.63) is 60.3 Å². The largest absolute Gasteiger partial charge is 0.497 e. The van der Waals surface area contributed by atoms with E-state index in [1.807, 2.05) is 47.5 Å². The zero-order valence-corrected chi connectivity index (χ0v) is 13.7. The lowest BCUT2D eigenvalue weighted by molar-refractivity contribution is -0.118. The van der Waals surface area contributed by atoms with E-state index < -0.39 is 0 Å². The van der Waals surface area contributed by atoms with E-state index in [-0.39, 0.29) is 5.91 Å². The van der Waals surface area contributed by atoms with Gasteiger partial charge < -0.3 is 14.2 Å². The lowest BCUT2D eigenvalue weighted by Crippen LogP contribution is -2.29. The lowest BCUT2D eigenvalue weighted by atomic mass is 10.2. The van der Waals surface area contributed by atoms with E-state index in [0.29, 0.717) is 13.0 Å². The molecule has 0 bridgehead atoms. The molecule has 0 atom stereocenters. The number of hydrogen-bond acceptors (Lipinski definition) is 2. The number of carbonyl (C=O) groups is 1. The maximum Gasteiger partial charge on any atom is 0.228 e. The molecule has 4 rings (SSSR count). The van der Waals surface area contributed by atoms with Crippen molar-refractivity contribution >= 4 is 22.5 Å². The van der Waals surface area contributed by atoms with Crippen LogP contribution in [0.25, 0.3) is 10.9 Å². The lowest BCUT2D eigenvalue weighted by Gasteiger charge is -2.17. The van der Waals surface area contributed by atoms with E-state index >= 15 is 0 Å². The van der Waals surface area contributed by atoms with Gasteiger partial charge in [0.15, 0.2) is 0 Å². The highest BCUT2D eigenvalue weighted by Crippen LogP contribution is 2.28. The second kappa shape index (κ2) is 6.04. The average molecular weight is 320 g/mol. The van der Waals surface area contributed by atoms with Crippen LogP contribution in [-0.4, -0.2) is 24.1 Å². The van der Waals surface area contributed by atoms with Gasteiger partial charge in [-0.05, 0) is 42.3 Å². The van der Waals surface area contributed by atoms with Crippen LogP contribution >= 0.6 is 0 Å². The topological polar surface area (TPSA) is 34.5 Å². The number of methoxy groups -OCH3 is 1. The number of amides is 1. The van der Waals surface area contributed by atoms with Crippen molar-refractivity contribution in [2.45, 2.75) is 19.4 Å². The molecule has 2 heterocycles. The summed E-state index contributed by atoms with van der Waals surface area (Å²) in [5.41, 5.74) is 3.47. The minimum atomic E-state index is 0.190. The Morgan fingerprint density at radius 1 is 1.17 bits per heavy atom. The molecule has 3 aromatic rings. The number of aromatic nitrogens is 1. The fourth-order valence-corrected chi connectivity index (χ4v) is 3.45. The van der Waals surface area contributed by atoms with E-state index in [9.17, 15) is 4.79 Å². The van der Waals surface area contributed by atoms with Gasteiger partial charge in [0.05, 0.1) is 7.11 Å². The summed E-state index contributed by atoms with van der Waals surface area (Å²) < 4.78 is 7.39. The number of rotatable bonds is 4. The number of ether oxygens (including phenoxy) is 1. The zero-order valence-electron chi connectivity index (χ0n) is 13.7. The molecule has 0 N–H and O–H groups in total. The summed E-state index contributed by atoms with van der Waals surface area (Å²) in [6.45, 7) is 1.48. The number of nitrogens with zero attached hydrogens (tertiary/aromatic N) is 2. The molecule has 24 heavy (non-hydrogen) atoms. The van der Waals surface area contributed by atoms with Crippen molar-refractivity contribution in [3.8, 4) is 5.75 Å². The molecule has 1 amide bonds. The van der Waals surface area contributed by atoms with Crippen LogP contribution in [-0.2, 0) is 17.8 Å². The molecule has 122 valence electrons. The Labute approximate surface area is 141 Å². The molecule has 0 unspecified atom stereocenters. The number of anilines is 1. The Morgan fingerprint density at radius 2 is 2.04 bits per heavy atom. The van der Waals surface area contributed by atoms with E-state index in [1.165, 1.54) is 5.56 Å². The highest BCUT2D eigenvalue weighted by Gasteiger charge is 2.23. The standard InChI is InChI=1S/C20H20N2O2/c1-24-17-6-7-18-16(14-17)8-11-21(18)12-10-20(23)22-13-9-15-4-2-3-5-19(15)22/h2-8,11,14H,9-10,12-13H2,1H3. The van der Waals surface area contributed by atoms with Gasteiger partial charge in [-0.3, -0.25) is 4.79 Å². The molecule has 0 spiro atoms. The van der Waals surface area contributed by atoms with Gasteiger partial charge >= 0.3 is 0 Å². The number of para-hydroxylation sites is 1. The Morgan fingerprint density at radius 3 is 2.92 bits per heavy atom. The fourth-order valence-electron chi connectivity index (χ4n) is 3.45. The molecule has 2 aromatic carbocycles. The molecular weight excluding hydrogens is 300 g/mol.